The van der Waals surface area contributed by atoms with Gasteiger partial charge in [0.15, 0.2) is 0 Å². The van der Waals surface area contributed by atoms with Crippen molar-refractivity contribution in [2.24, 2.45) is 17.1 Å². The molecule has 1 atom stereocenters. The first-order valence-corrected chi connectivity index (χ1v) is 11.4. The van der Waals surface area contributed by atoms with E-state index in [0.717, 1.165) is 19.3 Å². The summed E-state index contributed by atoms with van der Waals surface area (Å²) in [6.07, 6.45) is 12.7. The molecule has 0 heterocycles. The summed E-state index contributed by atoms with van der Waals surface area (Å²) in [7, 11) is 0. The summed E-state index contributed by atoms with van der Waals surface area (Å²) < 4.78 is 0. The van der Waals surface area contributed by atoms with Crippen LogP contribution in [0.1, 0.15) is 71.4 Å². The highest BCUT2D eigenvalue weighted by molar-refractivity contribution is 5.49. The Bertz CT molecular complexity index is 916. The molecule has 3 rings (SSSR count). The summed E-state index contributed by atoms with van der Waals surface area (Å²) in [5.41, 5.74) is 17.5. The van der Waals surface area contributed by atoms with Crippen LogP contribution < -0.4 is 5.73 Å². The minimum Gasteiger partial charge on any atom is -0.326 e. The Hall–Kier alpha value is -2.12. The van der Waals surface area contributed by atoms with Gasteiger partial charge >= 0.3 is 0 Å². The summed E-state index contributed by atoms with van der Waals surface area (Å²) >= 11 is 0. The number of hydrogen-bond donors (Lipinski definition) is 1. The Morgan fingerprint density at radius 1 is 1.17 bits per heavy atom. The SMILES string of the molecule is C=C/C(C1=C(C)CCC(C)(C)C1)=C(/C)C1CC=C(Cc2ccc(CN)cc2)C=C1C. The molecule has 2 aliphatic carbocycles. The average Bonchev–Trinajstić information content (AvgIpc) is 2.71. The van der Waals surface area contributed by atoms with Crippen LogP contribution in [0.4, 0.5) is 0 Å². The summed E-state index contributed by atoms with van der Waals surface area (Å²) in [5, 5.41) is 0. The molecular weight excluding hydrogens is 362 g/mol. The van der Waals surface area contributed by atoms with Crippen LogP contribution in [-0.2, 0) is 13.0 Å². The zero-order chi connectivity index (χ0) is 21.9. The maximum Gasteiger partial charge on any atom is 0.0178 e. The summed E-state index contributed by atoms with van der Waals surface area (Å²) in [6.45, 7) is 16.6. The molecule has 30 heavy (non-hydrogen) atoms. The normalized spacial score (nSPS) is 22.3. The third-order valence-electron chi connectivity index (χ3n) is 7.07. The quantitative estimate of drug-likeness (QED) is 0.488. The van der Waals surface area contributed by atoms with Gasteiger partial charge in [-0.05, 0) is 86.1 Å². The van der Waals surface area contributed by atoms with Gasteiger partial charge in [0, 0.05) is 12.5 Å². The highest BCUT2D eigenvalue weighted by Gasteiger charge is 2.28. The predicted octanol–water partition coefficient (Wildman–Crippen LogP) is 7.61. The van der Waals surface area contributed by atoms with Crippen LogP contribution in [0.2, 0.25) is 0 Å². The smallest absolute Gasteiger partial charge is 0.0178 e. The van der Waals surface area contributed by atoms with Gasteiger partial charge in [0.25, 0.3) is 0 Å². The molecule has 0 radical (unpaired) electrons. The lowest BCUT2D eigenvalue weighted by molar-refractivity contribution is 0.316. The Morgan fingerprint density at radius 2 is 1.83 bits per heavy atom. The largest absolute Gasteiger partial charge is 0.326 e. The number of nitrogens with two attached hydrogens (primary N) is 1. The summed E-state index contributed by atoms with van der Waals surface area (Å²) in [4.78, 5) is 0. The predicted molar refractivity (Wildman–Crippen MR) is 131 cm³/mol. The van der Waals surface area contributed by atoms with E-state index in [0.29, 0.717) is 17.9 Å². The molecule has 0 aromatic heterocycles. The van der Waals surface area contributed by atoms with Crippen LogP contribution in [0.25, 0.3) is 0 Å². The van der Waals surface area contributed by atoms with Gasteiger partial charge in [-0.15, -0.1) is 0 Å². The second-order valence-corrected chi connectivity index (χ2v) is 10.1. The van der Waals surface area contributed by atoms with Crippen molar-refractivity contribution in [2.45, 2.75) is 73.3 Å². The highest BCUT2D eigenvalue weighted by Crippen LogP contribution is 2.44. The van der Waals surface area contributed by atoms with Gasteiger partial charge in [0.2, 0.25) is 0 Å². The molecule has 1 aromatic rings. The molecule has 2 N–H and O–H groups in total. The van der Waals surface area contributed by atoms with Crippen molar-refractivity contribution in [2.75, 3.05) is 0 Å². The van der Waals surface area contributed by atoms with Crippen molar-refractivity contribution >= 4 is 0 Å². The third kappa shape index (κ3) is 5.13. The van der Waals surface area contributed by atoms with E-state index in [1.807, 2.05) is 0 Å². The fraction of sp³-hybridized carbons (Fsp3) is 0.448. The molecule has 1 heteroatoms. The lowest BCUT2D eigenvalue weighted by Crippen LogP contribution is -2.20. The molecule has 2 aliphatic rings. The zero-order valence-corrected chi connectivity index (χ0v) is 19.6. The first kappa shape index (κ1) is 22.6. The van der Waals surface area contributed by atoms with Crippen LogP contribution >= 0.6 is 0 Å². The van der Waals surface area contributed by atoms with Gasteiger partial charge in [0.1, 0.15) is 0 Å². The van der Waals surface area contributed by atoms with Crippen molar-refractivity contribution in [1.82, 2.24) is 0 Å². The Balaban J connectivity index is 1.81. The molecule has 160 valence electrons. The first-order chi connectivity index (χ1) is 14.2. The van der Waals surface area contributed by atoms with E-state index in [4.69, 9.17) is 5.73 Å². The fourth-order valence-corrected chi connectivity index (χ4v) is 5.01. The number of hydrogen-bond acceptors (Lipinski definition) is 1. The molecule has 0 spiro atoms. The van der Waals surface area contributed by atoms with Crippen molar-refractivity contribution in [3.05, 3.63) is 93.6 Å². The van der Waals surface area contributed by atoms with E-state index in [1.54, 1.807) is 11.1 Å². The number of benzene rings is 1. The third-order valence-corrected chi connectivity index (χ3v) is 7.07. The van der Waals surface area contributed by atoms with Gasteiger partial charge < -0.3 is 5.73 Å². The molecule has 1 unspecified atom stereocenters. The highest BCUT2D eigenvalue weighted by atomic mass is 14.5. The standard InChI is InChI=1S/C29H39N/c1-7-26(28-18-29(5,6)15-14-20(28)2)22(4)27-13-12-25(16-21(27)3)17-23-8-10-24(19-30)11-9-23/h7-12,16,27H,1,13-15,17-19,30H2,2-6H3/b26-22+. The topological polar surface area (TPSA) is 26.0 Å². The van der Waals surface area contributed by atoms with E-state index in [9.17, 15) is 0 Å². The minimum atomic E-state index is 0.382. The lowest BCUT2D eigenvalue weighted by Gasteiger charge is -2.34. The van der Waals surface area contributed by atoms with Crippen LogP contribution in [0.5, 0.6) is 0 Å². The van der Waals surface area contributed by atoms with Crippen molar-refractivity contribution in [1.29, 1.82) is 0 Å². The van der Waals surface area contributed by atoms with Crippen molar-refractivity contribution < 1.29 is 0 Å². The van der Waals surface area contributed by atoms with E-state index < -0.39 is 0 Å². The molecule has 1 nitrogen and oxygen atoms in total. The van der Waals surface area contributed by atoms with Gasteiger partial charge in [-0.2, -0.15) is 0 Å². The van der Waals surface area contributed by atoms with E-state index >= 15 is 0 Å². The Labute approximate surface area is 184 Å². The van der Waals surface area contributed by atoms with E-state index in [2.05, 4.69) is 83.7 Å². The van der Waals surface area contributed by atoms with E-state index in [1.165, 1.54) is 46.3 Å². The van der Waals surface area contributed by atoms with E-state index in [-0.39, 0.29) is 0 Å². The molecule has 0 saturated heterocycles. The average molecular weight is 402 g/mol. The molecule has 0 amide bonds. The lowest BCUT2D eigenvalue weighted by atomic mass is 9.71. The minimum absolute atomic E-state index is 0.382. The van der Waals surface area contributed by atoms with Crippen LogP contribution in [0.3, 0.4) is 0 Å². The number of rotatable bonds is 6. The zero-order valence-electron chi connectivity index (χ0n) is 19.6. The maximum atomic E-state index is 5.72. The summed E-state index contributed by atoms with van der Waals surface area (Å²) in [5.74, 6) is 0.478. The second kappa shape index (κ2) is 9.35. The molecule has 1 aromatic carbocycles. The van der Waals surface area contributed by atoms with Crippen LogP contribution in [0.15, 0.2) is 82.5 Å². The molecule has 0 bridgehead atoms. The Morgan fingerprint density at radius 3 is 2.43 bits per heavy atom. The second-order valence-electron chi connectivity index (χ2n) is 10.1. The first-order valence-electron chi connectivity index (χ1n) is 11.4. The van der Waals surface area contributed by atoms with Gasteiger partial charge in [0.05, 0.1) is 0 Å². The van der Waals surface area contributed by atoms with Gasteiger partial charge in [-0.3, -0.25) is 0 Å². The maximum absolute atomic E-state index is 5.72. The van der Waals surface area contributed by atoms with Gasteiger partial charge in [-0.1, -0.05) is 79.6 Å². The summed E-state index contributed by atoms with van der Waals surface area (Å²) in [6, 6.07) is 8.70. The fourth-order valence-electron chi connectivity index (χ4n) is 5.01. The molecular formula is C29H39N. The van der Waals surface area contributed by atoms with Crippen molar-refractivity contribution in [3.63, 3.8) is 0 Å². The molecule has 0 aliphatic heterocycles. The van der Waals surface area contributed by atoms with Crippen LogP contribution in [-0.4, -0.2) is 0 Å². The molecule has 0 fully saturated rings. The van der Waals surface area contributed by atoms with Crippen molar-refractivity contribution in [3.8, 4) is 0 Å². The number of allylic oxidation sites excluding steroid dienone is 9. The van der Waals surface area contributed by atoms with Gasteiger partial charge in [-0.25, -0.2) is 0 Å². The molecule has 0 saturated carbocycles. The monoisotopic (exact) mass is 401 g/mol. The van der Waals surface area contributed by atoms with Crippen LogP contribution in [0, 0.1) is 11.3 Å². The Kier molecular flexibility index (Phi) is 7.03.